The molecule has 0 aliphatic carbocycles. The third kappa shape index (κ3) is 4.07. The molecule has 1 aromatic heterocycles. The molecular weight excluding hydrogens is 334 g/mol. The summed E-state index contributed by atoms with van der Waals surface area (Å²) >= 11 is 0. The molecule has 24 heavy (non-hydrogen) atoms. The quantitative estimate of drug-likeness (QED) is 0.659. The molecule has 130 valence electrons. The van der Waals surface area contributed by atoms with Gasteiger partial charge in [0.05, 0.1) is 28.5 Å². The lowest BCUT2D eigenvalue weighted by Gasteiger charge is -2.29. The number of nitrogens with zero attached hydrogens (tertiary/aromatic N) is 3. The molecule has 0 unspecified atom stereocenters. The minimum atomic E-state index is -3.01. The van der Waals surface area contributed by atoms with Crippen LogP contribution in [0.1, 0.15) is 18.3 Å². The van der Waals surface area contributed by atoms with Crippen LogP contribution in [0, 0.1) is 6.92 Å². The van der Waals surface area contributed by atoms with E-state index in [1.807, 2.05) is 4.90 Å². The summed E-state index contributed by atoms with van der Waals surface area (Å²) in [4.78, 5) is 24.9. The van der Waals surface area contributed by atoms with Crippen molar-refractivity contribution >= 4 is 32.9 Å². The fourth-order valence-electron chi connectivity index (χ4n) is 2.35. The van der Waals surface area contributed by atoms with E-state index in [1.165, 1.54) is 6.92 Å². The number of nitrogens with two attached hydrogens (primary N) is 1. The molecule has 2 heterocycles. The molecule has 1 fully saturated rings. The van der Waals surface area contributed by atoms with Gasteiger partial charge in [0.25, 0.3) is 5.91 Å². The fraction of sp³-hybridized carbons (Fsp3) is 0.429. The molecule has 2 amide bonds. The molecule has 9 nitrogen and oxygen atoms in total. The fourth-order valence-corrected chi connectivity index (χ4v) is 3.55. The largest absolute Gasteiger partial charge is 0.404 e. The van der Waals surface area contributed by atoms with Gasteiger partial charge in [-0.1, -0.05) is 0 Å². The third-order valence-electron chi connectivity index (χ3n) is 3.61. The van der Waals surface area contributed by atoms with Crippen molar-refractivity contribution < 1.29 is 18.0 Å². The van der Waals surface area contributed by atoms with Crippen LogP contribution in [0.25, 0.3) is 5.57 Å². The third-order valence-corrected chi connectivity index (χ3v) is 5.22. The second-order valence-electron chi connectivity index (χ2n) is 5.43. The monoisotopic (exact) mass is 353 g/mol. The molecule has 10 heteroatoms. The molecule has 1 aliphatic heterocycles. The highest BCUT2D eigenvalue weighted by molar-refractivity contribution is 7.91. The summed E-state index contributed by atoms with van der Waals surface area (Å²) in [6.07, 6.45) is 1.06. The lowest BCUT2D eigenvalue weighted by molar-refractivity contribution is -0.126. The van der Waals surface area contributed by atoms with Gasteiger partial charge in [0.2, 0.25) is 5.91 Å². The molecular formula is C14H19N5O4S. The predicted molar refractivity (Wildman–Crippen MR) is 88.6 cm³/mol. The maximum Gasteiger partial charge on any atom is 0.261 e. The number of carbonyl (C=O) groups is 2. The SMILES string of the molecule is CC(=O)NC(=O)/C(=C\N)c1cc(N2CCS(=O)(=O)CC2)c(C)nn1. The van der Waals surface area contributed by atoms with Crippen molar-refractivity contribution in [1.82, 2.24) is 15.5 Å². The summed E-state index contributed by atoms with van der Waals surface area (Å²) < 4.78 is 23.1. The second kappa shape index (κ2) is 6.95. The number of sulfone groups is 1. The van der Waals surface area contributed by atoms with Gasteiger partial charge in [-0.05, 0) is 13.0 Å². The van der Waals surface area contributed by atoms with Gasteiger partial charge in [-0.2, -0.15) is 5.10 Å². The number of imide groups is 1. The van der Waals surface area contributed by atoms with Crippen LogP contribution < -0.4 is 16.0 Å². The first kappa shape index (κ1) is 17.9. The van der Waals surface area contributed by atoms with E-state index in [1.54, 1.807) is 13.0 Å². The first-order valence-corrected chi connectivity index (χ1v) is 9.09. The van der Waals surface area contributed by atoms with Crippen molar-refractivity contribution in [2.45, 2.75) is 13.8 Å². The molecule has 0 saturated carbocycles. The van der Waals surface area contributed by atoms with Crippen LogP contribution in [0.4, 0.5) is 5.69 Å². The van der Waals surface area contributed by atoms with E-state index in [4.69, 9.17) is 5.73 Å². The van der Waals surface area contributed by atoms with E-state index >= 15 is 0 Å². The second-order valence-corrected chi connectivity index (χ2v) is 7.73. The molecule has 0 bridgehead atoms. The standard InChI is InChI=1S/C14H19N5O4S/c1-9-13(19-3-5-24(22,23)6-4-19)7-12(18-17-9)11(8-15)14(21)16-10(2)20/h7-8H,3-6,15H2,1-2H3,(H,16,20,21)/b11-8-. The van der Waals surface area contributed by atoms with Crippen molar-refractivity contribution in [2.75, 3.05) is 29.5 Å². The number of aromatic nitrogens is 2. The zero-order valence-corrected chi connectivity index (χ0v) is 14.3. The van der Waals surface area contributed by atoms with Crippen molar-refractivity contribution in [2.24, 2.45) is 5.73 Å². The van der Waals surface area contributed by atoms with Crippen LogP contribution in [-0.2, 0) is 19.4 Å². The molecule has 3 N–H and O–H groups in total. The van der Waals surface area contributed by atoms with Crippen molar-refractivity contribution in [3.8, 4) is 0 Å². The smallest absolute Gasteiger partial charge is 0.261 e. The van der Waals surface area contributed by atoms with Crippen LogP contribution in [0.15, 0.2) is 12.3 Å². The Labute approximate surface area is 139 Å². The maximum atomic E-state index is 12.0. The highest BCUT2D eigenvalue weighted by Crippen LogP contribution is 2.23. The van der Waals surface area contributed by atoms with Gasteiger partial charge in [0.15, 0.2) is 9.84 Å². The summed E-state index contributed by atoms with van der Waals surface area (Å²) in [5.74, 6) is -1.06. The summed E-state index contributed by atoms with van der Waals surface area (Å²) in [5.41, 5.74) is 7.02. The Hall–Kier alpha value is -2.49. The first-order chi connectivity index (χ1) is 11.2. The van der Waals surface area contributed by atoms with E-state index in [0.29, 0.717) is 24.5 Å². The van der Waals surface area contributed by atoms with E-state index < -0.39 is 21.7 Å². The molecule has 1 aromatic rings. The molecule has 2 rings (SSSR count). The van der Waals surface area contributed by atoms with Crippen LogP contribution in [0.5, 0.6) is 0 Å². The number of hydrogen-bond donors (Lipinski definition) is 2. The number of carbonyl (C=O) groups excluding carboxylic acids is 2. The normalized spacial score (nSPS) is 17.4. The maximum absolute atomic E-state index is 12.0. The summed E-state index contributed by atoms with van der Waals surface area (Å²) in [6.45, 7) is 3.65. The number of hydrogen-bond acceptors (Lipinski definition) is 8. The van der Waals surface area contributed by atoms with Gasteiger partial charge in [-0.3, -0.25) is 14.9 Å². The molecule has 0 aromatic carbocycles. The lowest BCUT2D eigenvalue weighted by atomic mass is 10.1. The number of rotatable bonds is 3. The number of anilines is 1. The van der Waals surface area contributed by atoms with E-state index in [2.05, 4.69) is 15.5 Å². The van der Waals surface area contributed by atoms with E-state index in [-0.39, 0.29) is 22.8 Å². The molecule has 1 saturated heterocycles. The minimum Gasteiger partial charge on any atom is -0.404 e. The topological polar surface area (TPSA) is 135 Å². The molecule has 1 aliphatic rings. The van der Waals surface area contributed by atoms with Crippen LogP contribution in [0.3, 0.4) is 0 Å². The molecule has 0 spiro atoms. The first-order valence-electron chi connectivity index (χ1n) is 7.27. The van der Waals surface area contributed by atoms with Crippen molar-refractivity contribution in [1.29, 1.82) is 0 Å². The predicted octanol–water partition coefficient (Wildman–Crippen LogP) is -1.02. The average Bonchev–Trinajstić information content (AvgIpc) is 2.49. The van der Waals surface area contributed by atoms with Gasteiger partial charge in [0.1, 0.15) is 5.69 Å². The van der Waals surface area contributed by atoms with Gasteiger partial charge in [0, 0.05) is 26.2 Å². The number of amides is 2. The molecule has 0 atom stereocenters. The number of nitrogens with one attached hydrogen (secondary N) is 1. The van der Waals surface area contributed by atoms with Gasteiger partial charge < -0.3 is 10.6 Å². The Morgan fingerprint density at radius 3 is 2.46 bits per heavy atom. The zero-order valence-electron chi connectivity index (χ0n) is 13.4. The lowest BCUT2D eigenvalue weighted by Crippen LogP contribution is -2.40. The zero-order chi connectivity index (χ0) is 17.9. The van der Waals surface area contributed by atoms with E-state index in [0.717, 1.165) is 6.20 Å². The van der Waals surface area contributed by atoms with Gasteiger partial charge in [-0.25, -0.2) is 8.42 Å². The Bertz CT molecular complexity index is 789. The van der Waals surface area contributed by atoms with Crippen LogP contribution in [-0.4, -0.2) is 55.0 Å². The summed E-state index contributed by atoms with van der Waals surface area (Å²) in [6, 6.07) is 1.62. The van der Waals surface area contributed by atoms with Gasteiger partial charge in [-0.15, -0.1) is 5.10 Å². The van der Waals surface area contributed by atoms with E-state index in [9.17, 15) is 18.0 Å². The number of aryl methyl sites for hydroxylation is 1. The summed E-state index contributed by atoms with van der Waals surface area (Å²) in [5, 5.41) is 10.1. The van der Waals surface area contributed by atoms with Crippen LogP contribution in [0.2, 0.25) is 0 Å². The minimum absolute atomic E-state index is 0.0172. The average molecular weight is 353 g/mol. The Kier molecular flexibility index (Phi) is 5.17. The summed E-state index contributed by atoms with van der Waals surface area (Å²) in [7, 11) is -3.01. The Balaban J connectivity index is 2.31. The highest BCUT2D eigenvalue weighted by atomic mass is 32.2. The van der Waals surface area contributed by atoms with Crippen LogP contribution >= 0.6 is 0 Å². The Morgan fingerprint density at radius 2 is 1.92 bits per heavy atom. The highest BCUT2D eigenvalue weighted by Gasteiger charge is 2.24. The van der Waals surface area contributed by atoms with Gasteiger partial charge >= 0.3 is 0 Å². The molecule has 0 radical (unpaired) electrons. The van der Waals surface area contributed by atoms with Crippen molar-refractivity contribution in [3.63, 3.8) is 0 Å². The van der Waals surface area contributed by atoms with Crippen molar-refractivity contribution in [3.05, 3.63) is 23.7 Å². The Morgan fingerprint density at radius 1 is 1.29 bits per heavy atom.